The van der Waals surface area contributed by atoms with E-state index in [1.807, 2.05) is 19.9 Å². The molecule has 6 nitrogen and oxygen atoms in total. The van der Waals surface area contributed by atoms with Gasteiger partial charge >= 0.3 is 0 Å². The van der Waals surface area contributed by atoms with Crippen LogP contribution in [0.3, 0.4) is 0 Å². The number of rotatable bonds is 7. The predicted octanol–water partition coefficient (Wildman–Crippen LogP) is 6.54. The zero-order valence-corrected chi connectivity index (χ0v) is 21.6. The van der Waals surface area contributed by atoms with Gasteiger partial charge in [0.05, 0.1) is 29.2 Å². The summed E-state index contributed by atoms with van der Waals surface area (Å²) in [5.74, 6) is 0.944. The molecule has 0 radical (unpaired) electrons. The average molecular weight is 559 g/mol. The Morgan fingerprint density at radius 1 is 1.17 bits per heavy atom. The van der Waals surface area contributed by atoms with Gasteiger partial charge < -0.3 is 9.47 Å². The fourth-order valence-corrected chi connectivity index (χ4v) is 4.10. The molecule has 9 heteroatoms. The highest BCUT2D eigenvalue weighted by atomic mass is 79.9. The molecular weight excluding hydrogens is 537 g/mol. The molecule has 0 aliphatic heterocycles. The van der Waals surface area contributed by atoms with E-state index in [2.05, 4.69) is 26.0 Å². The fourth-order valence-electron chi connectivity index (χ4n) is 3.47. The second-order valence-corrected chi connectivity index (χ2v) is 9.42. The van der Waals surface area contributed by atoms with Crippen LogP contribution in [0.2, 0.25) is 5.02 Å². The zero-order valence-electron chi connectivity index (χ0n) is 19.3. The summed E-state index contributed by atoms with van der Waals surface area (Å²) in [7, 11) is 1.50. The van der Waals surface area contributed by atoms with Crippen LogP contribution in [0.15, 0.2) is 69.0 Å². The number of ether oxygens (including phenoxy) is 2. The minimum atomic E-state index is -0.318. The number of aromatic nitrogens is 2. The first-order valence-corrected chi connectivity index (χ1v) is 11.9. The predicted molar refractivity (Wildman–Crippen MR) is 140 cm³/mol. The normalized spacial score (nSPS) is 11.5. The van der Waals surface area contributed by atoms with Gasteiger partial charge in [-0.3, -0.25) is 4.79 Å². The number of halogens is 3. The summed E-state index contributed by atoms with van der Waals surface area (Å²) in [5.41, 5.74) is 1.73. The first kappa shape index (κ1) is 24.9. The number of fused-ring (bicyclic) bond motifs is 1. The van der Waals surface area contributed by atoms with Crippen molar-refractivity contribution in [1.29, 1.82) is 0 Å². The lowest BCUT2D eigenvalue weighted by molar-refractivity contribution is 0.284. The van der Waals surface area contributed by atoms with Gasteiger partial charge in [-0.1, -0.05) is 53.5 Å². The molecule has 1 heterocycles. The molecule has 0 aliphatic carbocycles. The van der Waals surface area contributed by atoms with Crippen molar-refractivity contribution in [1.82, 2.24) is 9.66 Å². The zero-order chi connectivity index (χ0) is 25.1. The van der Waals surface area contributed by atoms with Crippen molar-refractivity contribution in [2.24, 2.45) is 5.10 Å². The Labute approximate surface area is 215 Å². The summed E-state index contributed by atoms with van der Waals surface area (Å²) >= 11 is 9.89. The van der Waals surface area contributed by atoms with Crippen molar-refractivity contribution < 1.29 is 13.9 Å². The number of benzene rings is 3. The monoisotopic (exact) mass is 557 g/mol. The van der Waals surface area contributed by atoms with Crippen LogP contribution in [0.1, 0.15) is 36.7 Å². The molecule has 0 saturated carbocycles. The third kappa shape index (κ3) is 5.55. The van der Waals surface area contributed by atoms with Crippen molar-refractivity contribution in [2.75, 3.05) is 7.11 Å². The number of hydrogen-bond donors (Lipinski definition) is 0. The lowest BCUT2D eigenvalue weighted by atomic mass is 10.2. The first-order valence-electron chi connectivity index (χ1n) is 10.8. The van der Waals surface area contributed by atoms with E-state index in [4.69, 9.17) is 21.1 Å². The Kier molecular flexibility index (Phi) is 7.52. The van der Waals surface area contributed by atoms with E-state index in [1.165, 1.54) is 30.1 Å². The van der Waals surface area contributed by atoms with Crippen molar-refractivity contribution in [2.45, 2.75) is 26.4 Å². The van der Waals surface area contributed by atoms with E-state index < -0.39 is 0 Å². The van der Waals surface area contributed by atoms with Gasteiger partial charge in [-0.05, 0) is 53.6 Å². The summed E-state index contributed by atoms with van der Waals surface area (Å²) in [6, 6.07) is 14.8. The van der Waals surface area contributed by atoms with E-state index >= 15 is 0 Å². The van der Waals surface area contributed by atoms with Gasteiger partial charge in [0, 0.05) is 10.4 Å². The highest BCUT2D eigenvalue weighted by Crippen LogP contribution is 2.36. The van der Waals surface area contributed by atoms with Gasteiger partial charge in [-0.15, -0.1) is 0 Å². The van der Waals surface area contributed by atoms with E-state index in [0.29, 0.717) is 38.8 Å². The molecule has 3 aromatic carbocycles. The SMILES string of the molecule is COc1cc(C=Nn2c(C(C)C)nc3ccc(Br)cc3c2=O)cc(Cl)c1OCc1ccc(F)cc1. The van der Waals surface area contributed by atoms with Gasteiger partial charge in [0.15, 0.2) is 11.5 Å². The minimum Gasteiger partial charge on any atom is -0.493 e. The van der Waals surface area contributed by atoms with E-state index in [9.17, 15) is 9.18 Å². The lowest BCUT2D eigenvalue weighted by Gasteiger charge is -2.14. The quantitative estimate of drug-likeness (QED) is 0.242. The molecule has 0 atom stereocenters. The van der Waals surface area contributed by atoms with Crippen LogP contribution in [0.5, 0.6) is 11.5 Å². The van der Waals surface area contributed by atoms with Gasteiger partial charge in [-0.25, -0.2) is 9.37 Å². The van der Waals surface area contributed by atoms with Crippen LogP contribution < -0.4 is 15.0 Å². The maximum atomic E-state index is 13.2. The minimum absolute atomic E-state index is 0.0340. The van der Waals surface area contributed by atoms with Crippen molar-refractivity contribution in [3.8, 4) is 11.5 Å². The number of hydrogen-bond acceptors (Lipinski definition) is 5. The molecule has 0 amide bonds. The van der Waals surface area contributed by atoms with Gasteiger partial charge in [0.1, 0.15) is 18.2 Å². The Morgan fingerprint density at radius 2 is 1.91 bits per heavy atom. The second kappa shape index (κ2) is 10.6. The highest BCUT2D eigenvalue weighted by molar-refractivity contribution is 9.10. The maximum absolute atomic E-state index is 13.2. The Bertz CT molecular complexity index is 1470. The number of methoxy groups -OCH3 is 1. The van der Waals surface area contributed by atoms with Crippen LogP contribution in [-0.2, 0) is 6.61 Å². The molecule has 0 saturated heterocycles. The summed E-state index contributed by atoms with van der Waals surface area (Å²) in [6.07, 6.45) is 1.52. The maximum Gasteiger partial charge on any atom is 0.282 e. The van der Waals surface area contributed by atoms with Gasteiger partial charge in [0.2, 0.25) is 0 Å². The molecule has 180 valence electrons. The molecule has 0 fully saturated rings. The molecule has 4 aromatic rings. The fraction of sp³-hybridized carbons (Fsp3) is 0.192. The third-order valence-corrected chi connectivity index (χ3v) is 5.99. The lowest BCUT2D eigenvalue weighted by Crippen LogP contribution is -2.23. The second-order valence-electron chi connectivity index (χ2n) is 8.10. The first-order chi connectivity index (χ1) is 16.8. The average Bonchev–Trinajstić information content (AvgIpc) is 2.83. The topological polar surface area (TPSA) is 65.7 Å². The molecule has 0 spiro atoms. The van der Waals surface area contributed by atoms with Crippen molar-refractivity contribution in [3.05, 3.63) is 97.2 Å². The van der Waals surface area contributed by atoms with E-state index in [0.717, 1.165) is 10.0 Å². The molecule has 0 N–H and O–H groups in total. The van der Waals surface area contributed by atoms with Gasteiger partial charge in [0.25, 0.3) is 5.56 Å². The Morgan fingerprint density at radius 3 is 2.60 bits per heavy atom. The van der Waals surface area contributed by atoms with Crippen molar-refractivity contribution in [3.63, 3.8) is 0 Å². The molecule has 35 heavy (non-hydrogen) atoms. The van der Waals surface area contributed by atoms with Crippen LogP contribution >= 0.6 is 27.5 Å². The van der Waals surface area contributed by atoms with E-state index in [-0.39, 0.29) is 23.9 Å². The molecular formula is C26H22BrClFN3O3. The summed E-state index contributed by atoms with van der Waals surface area (Å²) in [6.45, 7) is 4.09. The number of nitrogens with zero attached hydrogens (tertiary/aromatic N) is 3. The summed E-state index contributed by atoms with van der Waals surface area (Å²) < 4.78 is 26.5. The molecule has 0 aliphatic rings. The Hall–Kier alpha value is -3.23. The van der Waals surface area contributed by atoms with E-state index in [1.54, 1.807) is 36.4 Å². The van der Waals surface area contributed by atoms with Crippen LogP contribution in [-0.4, -0.2) is 23.0 Å². The van der Waals surface area contributed by atoms with Crippen LogP contribution in [0.25, 0.3) is 10.9 Å². The third-order valence-electron chi connectivity index (χ3n) is 5.22. The highest BCUT2D eigenvalue weighted by Gasteiger charge is 2.15. The van der Waals surface area contributed by atoms with Crippen LogP contribution in [0.4, 0.5) is 4.39 Å². The standard InChI is InChI=1S/C26H22BrClFN3O3/c1-15(2)25-31-22-9-6-18(27)12-20(22)26(33)32(25)30-13-17-10-21(28)24(23(11-17)34-3)35-14-16-4-7-19(29)8-5-16/h4-13,15H,14H2,1-3H3. The smallest absolute Gasteiger partial charge is 0.282 e. The van der Waals surface area contributed by atoms with Crippen LogP contribution in [0, 0.1) is 5.82 Å². The molecule has 4 rings (SSSR count). The summed E-state index contributed by atoms with van der Waals surface area (Å²) in [5, 5.41) is 5.21. The van der Waals surface area contributed by atoms with Gasteiger partial charge in [-0.2, -0.15) is 9.78 Å². The Balaban J connectivity index is 1.68. The molecule has 0 bridgehead atoms. The molecule has 0 unspecified atom stereocenters. The largest absolute Gasteiger partial charge is 0.493 e. The van der Waals surface area contributed by atoms with Crippen molar-refractivity contribution >= 4 is 44.6 Å². The molecule has 1 aromatic heterocycles. The summed E-state index contributed by atoms with van der Waals surface area (Å²) in [4.78, 5) is 17.9.